The number of hydrogen-bond donors (Lipinski definition) is 1. The quantitative estimate of drug-likeness (QED) is 0.848. The smallest absolute Gasteiger partial charge is 0.307 e. The molecule has 0 heterocycles. The van der Waals surface area contributed by atoms with Crippen molar-refractivity contribution in [2.24, 2.45) is 0 Å². The van der Waals surface area contributed by atoms with Gasteiger partial charge in [0.2, 0.25) is 0 Å². The molecule has 1 aromatic carbocycles. The van der Waals surface area contributed by atoms with Crippen LogP contribution < -0.4 is 0 Å². The molecule has 14 heavy (non-hydrogen) atoms. The second kappa shape index (κ2) is 4.32. The van der Waals surface area contributed by atoms with Crippen molar-refractivity contribution >= 4 is 29.2 Å². The summed E-state index contributed by atoms with van der Waals surface area (Å²) in [5.74, 6) is -1.05. The zero-order valence-corrected chi connectivity index (χ0v) is 8.43. The molecule has 1 aromatic rings. The Morgan fingerprint density at radius 1 is 1.50 bits per heavy atom. The normalized spacial score (nSPS) is 9.50. The van der Waals surface area contributed by atoms with Gasteiger partial charge in [0.25, 0.3) is 0 Å². The average molecular weight is 230 g/mol. The number of rotatable bonds is 2. The number of benzene rings is 1. The molecule has 0 spiro atoms. The third kappa shape index (κ3) is 2.16. The lowest BCUT2D eigenvalue weighted by atomic mass is 10.1. The molecule has 0 radical (unpaired) electrons. The highest BCUT2D eigenvalue weighted by Gasteiger charge is 2.13. The topological polar surface area (TPSA) is 61.1 Å². The van der Waals surface area contributed by atoms with Gasteiger partial charge in [0, 0.05) is 5.56 Å². The van der Waals surface area contributed by atoms with Crippen LogP contribution in [0.3, 0.4) is 0 Å². The van der Waals surface area contributed by atoms with Crippen LogP contribution in [-0.2, 0) is 11.2 Å². The first-order valence-corrected chi connectivity index (χ1v) is 4.40. The molecule has 0 atom stereocenters. The van der Waals surface area contributed by atoms with Crippen molar-refractivity contribution in [2.45, 2.75) is 6.42 Å². The maximum atomic E-state index is 10.5. The van der Waals surface area contributed by atoms with E-state index in [0.717, 1.165) is 0 Å². The van der Waals surface area contributed by atoms with Gasteiger partial charge >= 0.3 is 5.97 Å². The second-order valence-corrected chi connectivity index (χ2v) is 3.35. The first-order valence-electron chi connectivity index (χ1n) is 3.65. The van der Waals surface area contributed by atoms with Crippen LogP contribution in [0.25, 0.3) is 0 Å². The SMILES string of the molecule is N#Cc1ccc(Cl)c(Cl)c1CC(=O)O. The van der Waals surface area contributed by atoms with E-state index in [2.05, 4.69) is 0 Å². The van der Waals surface area contributed by atoms with E-state index in [1.807, 2.05) is 6.07 Å². The molecular formula is C9H5Cl2NO2. The predicted octanol–water partition coefficient (Wildman–Crippen LogP) is 2.49. The standard InChI is InChI=1S/C9H5Cl2NO2/c10-7-2-1-5(4-12)6(9(7)11)3-8(13)14/h1-2H,3H2,(H,13,14). The van der Waals surface area contributed by atoms with E-state index in [0.29, 0.717) is 0 Å². The van der Waals surface area contributed by atoms with Crippen molar-refractivity contribution in [3.63, 3.8) is 0 Å². The summed E-state index contributed by atoms with van der Waals surface area (Å²) in [7, 11) is 0. The van der Waals surface area contributed by atoms with Crippen LogP contribution in [0.4, 0.5) is 0 Å². The van der Waals surface area contributed by atoms with Gasteiger partial charge in [-0.3, -0.25) is 4.79 Å². The molecule has 0 bridgehead atoms. The van der Waals surface area contributed by atoms with Crippen LogP contribution >= 0.6 is 23.2 Å². The van der Waals surface area contributed by atoms with Gasteiger partial charge in [-0.15, -0.1) is 0 Å². The molecule has 0 unspecified atom stereocenters. The van der Waals surface area contributed by atoms with Gasteiger partial charge in [0.1, 0.15) is 0 Å². The number of halogens is 2. The molecule has 1 N–H and O–H groups in total. The predicted molar refractivity (Wildman–Crippen MR) is 52.5 cm³/mol. The highest BCUT2D eigenvalue weighted by molar-refractivity contribution is 6.42. The molecule has 0 aliphatic rings. The van der Waals surface area contributed by atoms with Gasteiger partial charge in [-0.2, -0.15) is 5.26 Å². The Morgan fingerprint density at radius 2 is 2.14 bits per heavy atom. The molecule has 0 aromatic heterocycles. The van der Waals surface area contributed by atoms with E-state index in [9.17, 15) is 4.79 Å². The number of carbonyl (C=O) groups is 1. The van der Waals surface area contributed by atoms with E-state index in [1.54, 1.807) is 0 Å². The Morgan fingerprint density at radius 3 is 2.64 bits per heavy atom. The van der Waals surface area contributed by atoms with E-state index in [-0.39, 0.29) is 27.6 Å². The van der Waals surface area contributed by atoms with Crippen molar-refractivity contribution in [1.29, 1.82) is 5.26 Å². The second-order valence-electron chi connectivity index (χ2n) is 2.57. The van der Waals surface area contributed by atoms with E-state index >= 15 is 0 Å². The molecule has 0 saturated heterocycles. The Bertz CT molecular complexity index is 424. The molecule has 0 fully saturated rings. The number of aliphatic carboxylic acids is 1. The minimum absolute atomic E-state index is 0.133. The summed E-state index contributed by atoms with van der Waals surface area (Å²) >= 11 is 11.5. The van der Waals surface area contributed by atoms with Gasteiger partial charge in [-0.25, -0.2) is 0 Å². The Balaban J connectivity index is 3.29. The largest absolute Gasteiger partial charge is 0.481 e. The minimum Gasteiger partial charge on any atom is -0.481 e. The molecular weight excluding hydrogens is 225 g/mol. The maximum Gasteiger partial charge on any atom is 0.307 e. The van der Waals surface area contributed by atoms with E-state index in [1.165, 1.54) is 12.1 Å². The van der Waals surface area contributed by atoms with Gasteiger partial charge < -0.3 is 5.11 Å². The molecule has 0 saturated carbocycles. The van der Waals surface area contributed by atoms with E-state index < -0.39 is 5.97 Å². The monoisotopic (exact) mass is 229 g/mol. The van der Waals surface area contributed by atoms with Crippen LogP contribution in [0.1, 0.15) is 11.1 Å². The fourth-order valence-corrected chi connectivity index (χ4v) is 1.43. The number of carboxylic acid groups (broad SMARTS) is 1. The molecule has 0 aliphatic carbocycles. The summed E-state index contributed by atoms with van der Waals surface area (Å²) in [5, 5.41) is 17.7. The first-order chi connectivity index (χ1) is 6.56. The van der Waals surface area contributed by atoms with Crippen LogP contribution in [0, 0.1) is 11.3 Å². The molecule has 0 aliphatic heterocycles. The molecule has 0 amide bonds. The Hall–Kier alpha value is -1.24. The summed E-state index contributed by atoms with van der Waals surface area (Å²) in [6.45, 7) is 0. The highest BCUT2D eigenvalue weighted by atomic mass is 35.5. The summed E-state index contributed by atoms with van der Waals surface area (Å²) in [6.07, 6.45) is -0.303. The number of nitriles is 1. The van der Waals surface area contributed by atoms with Gasteiger partial charge in [0.05, 0.1) is 28.1 Å². The van der Waals surface area contributed by atoms with Crippen LogP contribution in [0.2, 0.25) is 10.0 Å². The highest BCUT2D eigenvalue weighted by Crippen LogP contribution is 2.28. The summed E-state index contributed by atoms with van der Waals surface area (Å²) < 4.78 is 0. The van der Waals surface area contributed by atoms with Gasteiger partial charge in [0.15, 0.2) is 0 Å². The van der Waals surface area contributed by atoms with E-state index in [4.69, 9.17) is 33.6 Å². The molecule has 3 nitrogen and oxygen atoms in total. The van der Waals surface area contributed by atoms with Gasteiger partial charge in [-0.05, 0) is 12.1 Å². The third-order valence-corrected chi connectivity index (χ3v) is 2.49. The molecule has 5 heteroatoms. The Kier molecular flexibility index (Phi) is 3.34. The summed E-state index contributed by atoms with van der Waals surface area (Å²) in [5.41, 5.74) is 0.496. The lowest BCUT2D eigenvalue weighted by Gasteiger charge is -2.04. The summed E-state index contributed by atoms with van der Waals surface area (Å²) in [4.78, 5) is 10.5. The lowest BCUT2D eigenvalue weighted by Crippen LogP contribution is -2.03. The summed E-state index contributed by atoms with van der Waals surface area (Å²) in [6, 6.07) is 4.78. The van der Waals surface area contributed by atoms with Crippen molar-refractivity contribution in [1.82, 2.24) is 0 Å². The first kappa shape index (κ1) is 10.8. The van der Waals surface area contributed by atoms with Crippen molar-refractivity contribution in [3.05, 3.63) is 33.3 Å². The lowest BCUT2D eigenvalue weighted by molar-refractivity contribution is -0.136. The zero-order valence-electron chi connectivity index (χ0n) is 6.92. The minimum atomic E-state index is -1.05. The number of carboxylic acids is 1. The fraction of sp³-hybridized carbons (Fsp3) is 0.111. The Labute approximate surface area is 90.5 Å². The number of nitrogens with zero attached hydrogens (tertiary/aromatic N) is 1. The fourth-order valence-electron chi connectivity index (χ4n) is 1.02. The van der Waals surface area contributed by atoms with Crippen molar-refractivity contribution in [2.75, 3.05) is 0 Å². The molecule has 72 valence electrons. The van der Waals surface area contributed by atoms with Crippen LogP contribution in [0.15, 0.2) is 12.1 Å². The van der Waals surface area contributed by atoms with Gasteiger partial charge in [-0.1, -0.05) is 23.2 Å². The molecule has 1 rings (SSSR count). The van der Waals surface area contributed by atoms with Crippen molar-refractivity contribution < 1.29 is 9.90 Å². The maximum absolute atomic E-state index is 10.5. The zero-order chi connectivity index (χ0) is 10.7. The third-order valence-electron chi connectivity index (χ3n) is 1.64. The average Bonchev–Trinajstić information content (AvgIpc) is 2.13. The van der Waals surface area contributed by atoms with Crippen LogP contribution in [0.5, 0.6) is 0 Å². The van der Waals surface area contributed by atoms with Crippen molar-refractivity contribution in [3.8, 4) is 6.07 Å². The number of hydrogen-bond acceptors (Lipinski definition) is 2. The van der Waals surface area contributed by atoms with Crippen LogP contribution in [-0.4, -0.2) is 11.1 Å².